The molecule has 2 aliphatic rings. The number of carbonyl (C=O) groups excluding carboxylic acids is 2. The van der Waals surface area contributed by atoms with Gasteiger partial charge < -0.3 is 9.80 Å². The highest BCUT2D eigenvalue weighted by Gasteiger charge is 2.29. The molecule has 2 heterocycles. The molecule has 3 rings (SSSR count). The molecule has 2 amide bonds. The first kappa shape index (κ1) is 16.9. The molecular weight excluding hydrogens is 330 g/mol. The van der Waals surface area contributed by atoms with Gasteiger partial charge in [0.1, 0.15) is 0 Å². The maximum absolute atomic E-state index is 12.6. The van der Waals surface area contributed by atoms with Crippen molar-refractivity contribution in [3.8, 4) is 0 Å². The number of anilines is 1. The Morgan fingerprint density at radius 3 is 2.71 bits per heavy atom. The molecule has 130 valence electrons. The number of nitrogens with one attached hydrogen (secondary N) is 1. The lowest BCUT2D eigenvalue weighted by Gasteiger charge is -2.29. The van der Waals surface area contributed by atoms with Crippen LogP contribution < -0.4 is 9.62 Å². The van der Waals surface area contributed by atoms with Gasteiger partial charge in [-0.25, -0.2) is 13.1 Å². The van der Waals surface area contributed by atoms with E-state index in [0.29, 0.717) is 25.9 Å². The average Bonchev–Trinajstić information content (AvgIpc) is 2.94. The first-order valence-electron chi connectivity index (χ1n) is 7.95. The van der Waals surface area contributed by atoms with Crippen molar-refractivity contribution in [2.45, 2.75) is 37.1 Å². The summed E-state index contributed by atoms with van der Waals surface area (Å²) in [4.78, 5) is 26.7. The van der Waals surface area contributed by atoms with E-state index in [1.165, 1.54) is 13.0 Å². The van der Waals surface area contributed by atoms with Gasteiger partial charge in [-0.2, -0.15) is 0 Å². The van der Waals surface area contributed by atoms with Crippen molar-refractivity contribution < 1.29 is 18.0 Å². The molecule has 0 bridgehead atoms. The Kier molecular flexibility index (Phi) is 4.35. The number of fused-ring (bicyclic) bond motifs is 1. The van der Waals surface area contributed by atoms with Crippen LogP contribution in [-0.4, -0.2) is 51.3 Å². The van der Waals surface area contributed by atoms with E-state index in [1.807, 2.05) is 0 Å². The van der Waals surface area contributed by atoms with Gasteiger partial charge in [0.15, 0.2) is 0 Å². The fourth-order valence-electron chi connectivity index (χ4n) is 3.20. The Morgan fingerprint density at radius 2 is 2.04 bits per heavy atom. The van der Waals surface area contributed by atoms with E-state index >= 15 is 0 Å². The molecule has 2 aliphatic heterocycles. The van der Waals surface area contributed by atoms with Gasteiger partial charge in [-0.3, -0.25) is 9.59 Å². The van der Waals surface area contributed by atoms with Gasteiger partial charge >= 0.3 is 0 Å². The summed E-state index contributed by atoms with van der Waals surface area (Å²) in [6, 6.07) is 4.44. The van der Waals surface area contributed by atoms with Crippen LogP contribution in [0.15, 0.2) is 23.1 Å². The molecule has 0 radical (unpaired) electrons. The molecule has 1 aromatic rings. The first-order chi connectivity index (χ1) is 11.3. The van der Waals surface area contributed by atoms with E-state index in [-0.39, 0.29) is 29.2 Å². The molecular formula is C16H21N3O4S. The van der Waals surface area contributed by atoms with Crippen LogP contribution in [0.5, 0.6) is 0 Å². The fraction of sp³-hybridized carbons (Fsp3) is 0.500. The third-order valence-electron chi connectivity index (χ3n) is 4.62. The van der Waals surface area contributed by atoms with E-state index in [2.05, 4.69) is 4.72 Å². The summed E-state index contributed by atoms with van der Waals surface area (Å²) in [5.41, 5.74) is 1.63. The summed E-state index contributed by atoms with van der Waals surface area (Å²) >= 11 is 0. The maximum Gasteiger partial charge on any atom is 0.240 e. The van der Waals surface area contributed by atoms with Crippen molar-refractivity contribution in [3.05, 3.63) is 23.8 Å². The molecule has 1 saturated heterocycles. The number of nitrogens with zero attached hydrogens (tertiary/aromatic N) is 2. The lowest BCUT2D eigenvalue weighted by atomic mass is 10.1. The van der Waals surface area contributed by atoms with E-state index in [9.17, 15) is 18.0 Å². The van der Waals surface area contributed by atoms with Gasteiger partial charge in [0.05, 0.1) is 4.90 Å². The monoisotopic (exact) mass is 351 g/mol. The van der Waals surface area contributed by atoms with Crippen molar-refractivity contribution in [1.82, 2.24) is 9.62 Å². The summed E-state index contributed by atoms with van der Waals surface area (Å²) < 4.78 is 27.8. The van der Waals surface area contributed by atoms with Gasteiger partial charge in [-0.1, -0.05) is 0 Å². The molecule has 0 unspecified atom stereocenters. The number of sulfonamides is 1. The van der Waals surface area contributed by atoms with E-state index in [0.717, 1.165) is 11.3 Å². The Hall–Kier alpha value is -1.93. The summed E-state index contributed by atoms with van der Waals surface area (Å²) in [7, 11) is -1.97. The van der Waals surface area contributed by atoms with Crippen molar-refractivity contribution in [1.29, 1.82) is 0 Å². The molecule has 0 spiro atoms. The summed E-state index contributed by atoms with van der Waals surface area (Å²) in [5, 5.41) is 0. The Bertz CT molecular complexity index is 791. The molecule has 0 aromatic heterocycles. The summed E-state index contributed by atoms with van der Waals surface area (Å²) in [5.74, 6) is -0.104. The molecule has 0 saturated carbocycles. The van der Waals surface area contributed by atoms with Gasteiger partial charge in [0.2, 0.25) is 21.8 Å². The number of benzene rings is 1. The second-order valence-corrected chi connectivity index (χ2v) is 8.05. The Balaban J connectivity index is 1.79. The molecule has 7 nitrogen and oxygen atoms in total. The number of carbonyl (C=O) groups is 2. The van der Waals surface area contributed by atoms with Gasteiger partial charge in [0.25, 0.3) is 0 Å². The van der Waals surface area contributed by atoms with Crippen molar-refractivity contribution >= 4 is 27.5 Å². The number of rotatable bonds is 3. The fourth-order valence-corrected chi connectivity index (χ4v) is 4.52. The number of amides is 2. The minimum absolute atomic E-state index is 0.0488. The van der Waals surface area contributed by atoms with Crippen LogP contribution in [0.1, 0.15) is 25.3 Å². The molecule has 1 aromatic carbocycles. The lowest BCUT2D eigenvalue weighted by Crippen LogP contribution is -2.46. The SMILES string of the molecule is CC(=O)N1CCc2cc(S(=O)(=O)N[C@H]3CCN(C)C(=O)C3)ccc21. The summed E-state index contributed by atoms with van der Waals surface area (Å²) in [6.45, 7) is 2.62. The highest BCUT2D eigenvalue weighted by Crippen LogP contribution is 2.30. The van der Waals surface area contributed by atoms with Crippen LogP contribution >= 0.6 is 0 Å². The number of likely N-dealkylation sites (tertiary alicyclic amines) is 1. The first-order valence-corrected chi connectivity index (χ1v) is 9.43. The van der Waals surface area contributed by atoms with Crippen molar-refractivity contribution in [2.75, 3.05) is 25.0 Å². The van der Waals surface area contributed by atoms with E-state index < -0.39 is 10.0 Å². The largest absolute Gasteiger partial charge is 0.346 e. The molecule has 1 fully saturated rings. The smallest absolute Gasteiger partial charge is 0.240 e. The normalized spacial score (nSPS) is 21.1. The third-order valence-corrected chi connectivity index (χ3v) is 6.14. The highest BCUT2D eigenvalue weighted by molar-refractivity contribution is 7.89. The van der Waals surface area contributed by atoms with E-state index in [1.54, 1.807) is 29.0 Å². The summed E-state index contributed by atoms with van der Waals surface area (Å²) in [6.07, 6.45) is 1.42. The van der Waals surface area contributed by atoms with Gasteiger partial charge in [0, 0.05) is 45.2 Å². The predicted molar refractivity (Wildman–Crippen MR) is 89.2 cm³/mol. The van der Waals surface area contributed by atoms with Crippen LogP contribution in [0.3, 0.4) is 0 Å². The van der Waals surface area contributed by atoms with Crippen LogP contribution in [0.25, 0.3) is 0 Å². The second-order valence-electron chi connectivity index (χ2n) is 6.34. The number of piperidine rings is 1. The van der Waals surface area contributed by atoms with Crippen LogP contribution in [0, 0.1) is 0 Å². The second kappa shape index (κ2) is 6.18. The van der Waals surface area contributed by atoms with Gasteiger partial charge in [-0.05, 0) is 36.6 Å². The molecule has 0 aliphatic carbocycles. The van der Waals surface area contributed by atoms with Crippen molar-refractivity contribution in [3.63, 3.8) is 0 Å². The zero-order chi connectivity index (χ0) is 17.5. The minimum atomic E-state index is -3.68. The molecule has 8 heteroatoms. The predicted octanol–water partition coefficient (Wildman–Crippen LogP) is 0.495. The topological polar surface area (TPSA) is 86.8 Å². The molecule has 24 heavy (non-hydrogen) atoms. The lowest BCUT2D eigenvalue weighted by molar-refractivity contribution is -0.132. The Labute approximate surface area is 141 Å². The standard InChI is InChI=1S/C16H21N3O4S/c1-11(20)19-8-5-12-9-14(3-4-15(12)19)24(22,23)17-13-6-7-18(2)16(21)10-13/h3-4,9,13,17H,5-8,10H2,1-2H3/t13-/m0/s1. The highest BCUT2D eigenvalue weighted by atomic mass is 32.2. The number of hydrogen-bond donors (Lipinski definition) is 1. The zero-order valence-electron chi connectivity index (χ0n) is 13.8. The van der Waals surface area contributed by atoms with Crippen LogP contribution in [0.4, 0.5) is 5.69 Å². The Morgan fingerprint density at radius 1 is 1.29 bits per heavy atom. The minimum Gasteiger partial charge on any atom is -0.346 e. The average molecular weight is 351 g/mol. The van der Waals surface area contributed by atoms with E-state index in [4.69, 9.17) is 0 Å². The van der Waals surface area contributed by atoms with Gasteiger partial charge in [-0.15, -0.1) is 0 Å². The molecule has 1 atom stereocenters. The quantitative estimate of drug-likeness (QED) is 0.859. The van der Waals surface area contributed by atoms with Crippen LogP contribution in [-0.2, 0) is 26.0 Å². The maximum atomic E-state index is 12.6. The van der Waals surface area contributed by atoms with Crippen LogP contribution in [0.2, 0.25) is 0 Å². The number of hydrogen-bond acceptors (Lipinski definition) is 4. The van der Waals surface area contributed by atoms with Crippen molar-refractivity contribution in [2.24, 2.45) is 0 Å². The third kappa shape index (κ3) is 3.16. The zero-order valence-corrected chi connectivity index (χ0v) is 14.6. The molecule has 1 N–H and O–H groups in total.